The zero-order valence-corrected chi connectivity index (χ0v) is 15.9. The fraction of sp³-hybridized carbons (Fsp3) is 0.364. The van der Waals surface area contributed by atoms with E-state index in [0.717, 1.165) is 48.3 Å². The van der Waals surface area contributed by atoms with E-state index in [0.29, 0.717) is 12.2 Å². The van der Waals surface area contributed by atoms with Crippen LogP contribution in [0, 0.1) is 19.7 Å². The fourth-order valence-electron chi connectivity index (χ4n) is 4.16. The van der Waals surface area contributed by atoms with Crippen molar-refractivity contribution >= 4 is 16.6 Å². The Labute approximate surface area is 159 Å². The van der Waals surface area contributed by atoms with E-state index in [2.05, 4.69) is 33.8 Å². The molecule has 1 aliphatic rings. The molecule has 0 spiro atoms. The van der Waals surface area contributed by atoms with Gasteiger partial charge in [0.1, 0.15) is 5.82 Å². The highest BCUT2D eigenvalue weighted by Gasteiger charge is 2.24. The summed E-state index contributed by atoms with van der Waals surface area (Å²) >= 11 is 0. The Morgan fingerprint density at radius 1 is 1.04 bits per heavy atom. The zero-order chi connectivity index (χ0) is 19.0. The first-order valence-electron chi connectivity index (χ1n) is 9.52. The van der Waals surface area contributed by atoms with E-state index >= 15 is 0 Å². The molecule has 4 rings (SSSR count). The number of H-pyrrole nitrogens is 1. The number of benzene rings is 2. The molecule has 0 unspecified atom stereocenters. The maximum Gasteiger partial charge on any atom is 0.146 e. The van der Waals surface area contributed by atoms with E-state index in [1.807, 2.05) is 25.1 Å². The van der Waals surface area contributed by atoms with Gasteiger partial charge >= 0.3 is 0 Å². The van der Waals surface area contributed by atoms with E-state index < -0.39 is 6.10 Å². The second-order valence-electron chi connectivity index (χ2n) is 7.42. The number of aryl methyl sites for hydroxylation is 2. The van der Waals surface area contributed by atoms with Crippen LogP contribution >= 0.6 is 0 Å². The van der Waals surface area contributed by atoms with E-state index in [1.54, 1.807) is 6.07 Å². The molecule has 1 aromatic heterocycles. The number of aliphatic hydroxyl groups is 1. The minimum Gasteiger partial charge on any atom is -0.387 e. The molecule has 142 valence electrons. The molecule has 2 heterocycles. The summed E-state index contributed by atoms with van der Waals surface area (Å²) in [5.74, 6) is -0.171. The summed E-state index contributed by atoms with van der Waals surface area (Å²) in [4.78, 5) is 7.76. The number of β-amino-alcohol motifs (C(OH)–C–C–N with tert-alkyl or cyclic N) is 1. The predicted octanol–water partition coefficient (Wildman–Crippen LogP) is 3.78. The molecule has 1 fully saturated rings. The Bertz CT molecular complexity index is 944. The molecule has 5 heteroatoms. The largest absolute Gasteiger partial charge is 0.387 e. The summed E-state index contributed by atoms with van der Waals surface area (Å²) in [6, 6.07) is 13.1. The molecule has 2 aromatic carbocycles. The Balaban J connectivity index is 1.45. The molecule has 27 heavy (non-hydrogen) atoms. The number of fused-ring (bicyclic) bond motifs is 1. The second-order valence-corrected chi connectivity index (χ2v) is 7.42. The van der Waals surface area contributed by atoms with Crippen molar-refractivity contribution in [3.63, 3.8) is 0 Å². The molecule has 0 saturated carbocycles. The average molecular weight is 367 g/mol. The lowest BCUT2D eigenvalue weighted by Crippen LogP contribution is -2.47. The van der Waals surface area contributed by atoms with Crippen LogP contribution in [0.3, 0.4) is 0 Å². The summed E-state index contributed by atoms with van der Waals surface area (Å²) in [5, 5.41) is 12.0. The van der Waals surface area contributed by atoms with Crippen LogP contribution in [-0.4, -0.2) is 47.7 Å². The minimum absolute atomic E-state index is 0.171. The normalized spacial score (nSPS) is 16.8. The first kappa shape index (κ1) is 18.0. The van der Waals surface area contributed by atoms with E-state index in [1.165, 1.54) is 11.6 Å². The molecule has 0 radical (unpaired) electrons. The third-order valence-corrected chi connectivity index (χ3v) is 5.61. The molecule has 0 aliphatic carbocycles. The summed E-state index contributed by atoms with van der Waals surface area (Å²) < 4.78 is 14.0. The standard InChI is InChI=1S/C22H26FN3O/c1-15-6-5-7-17-21(16(2)24-22(15)17)20(27)14-25-10-12-26(13-11-25)19-9-4-3-8-18(19)23/h3-9,20,24,27H,10-14H2,1-2H3/t20-/m0/s1. The SMILES string of the molecule is Cc1[nH]c2c(C)cccc2c1[C@@H](O)CN1CCN(c2ccccc2F)CC1. The van der Waals surface area contributed by atoms with Gasteiger partial charge < -0.3 is 15.0 Å². The van der Waals surface area contributed by atoms with Gasteiger partial charge in [0.2, 0.25) is 0 Å². The van der Waals surface area contributed by atoms with Gasteiger partial charge in [-0.1, -0.05) is 30.3 Å². The molecule has 0 bridgehead atoms. The predicted molar refractivity (Wildman–Crippen MR) is 108 cm³/mol. The van der Waals surface area contributed by atoms with Gasteiger partial charge in [-0.05, 0) is 31.5 Å². The van der Waals surface area contributed by atoms with Crippen LogP contribution in [-0.2, 0) is 0 Å². The first-order valence-corrected chi connectivity index (χ1v) is 9.52. The number of hydrogen-bond donors (Lipinski definition) is 2. The van der Waals surface area contributed by atoms with Gasteiger partial charge in [0, 0.05) is 54.9 Å². The third-order valence-electron chi connectivity index (χ3n) is 5.61. The van der Waals surface area contributed by atoms with Crippen molar-refractivity contribution in [2.24, 2.45) is 0 Å². The zero-order valence-electron chi connectivity index (χ0n) is 15.9. The lowest BCUT2D eigenvalue weighted by atomic mass is 10.0. The van der Waals surface area contributed by atoms with Crippen LogP contribution < -0.4 is 4.90 Å². The highest BCUT2D eigenvalue weighted by Crippen LogP contribution is 2.30. The Morgan fingerprint density at radius 3 is 2.52 bits per heavy atom. The van der Waals surface area contributed by atoms with Gasteiger partial charge in [-0.15, -0.1) is 0 Å². The van der Waals surface area contributed by atoms with Gasteiger partial charge in [-0.3, -0.25) is 4.90 Å². The summed E-state index contributed by atoms with van der Waals surface area (Å²) in [6.45, 7) is 7.84. The van der Waals surface area contributed by atoms with E-state index in [-0.39, 0.29) is 5.82 Å². The van der Waals surface area contributed by atoms with Crippen molar-refractivity contribution in [3.05, 3.63) is 65.1 Å². The van der Waals surface area contributed by atoms with Gasteiger partial charge in [-0.25, -0.2) is 4.39 Å². The van der Waals surface area contributed by atoms with E-state index in [4.69, 9.17) is 0 Å². The van der Waals surface area contributed by atoms with Crippen molar-refractivity contribution in [2.75, 3.05) is 37.6 Å². The molecule has 4 nitrogen and oxygen atoms in total. The molecule has 1 saturated heterocycles. The molecule has 3 aromatic rings. The number of hydrogen-bond acceptors (Lipinski definition) is 3. The Morgan fingerprint density at radius 2 is 1.78 bits per heavy atom. The number of anilines is 1. The van der Waals surface area contributed by atoms with Crippen LogP contribution in [0.25, 0.3) is 10.9 Å². The van der Waals surface area contributed by atoms with Crippen LogP contribution in [0.15, 0.2) is 42.5 Å². The van der Waals surface area contributed by atoms with Crippen LogP contribution in [0.2, 0.25) is 0 Å². The summed E-state index contributed by atoms with van der Waals surface area (Å²) in [5.41, 5.74) is 4.98. The topological polar surface area (TPSA) is 42.5 Å². The highest BCUT2D eigenvalue weighted by atomic mass is 19.1. The lowest BCUT2D eigenvalue weighted by molar-refractivity contribution is 0.110. The average Bonchev–Trinajstić information content (AvgIpc) is 3.00. The number of aromatic amines is 1. The number of nitrogens with one attached hydrogen (secondary N) is 1. The second kappa shape index (κ2) is 7.33. The van der Waals surface area contributed by atoms with Gasteiger partial charge in [0.05, 0.1) is 11.8 Å². The molecule has 2 N–H and O–H groups in total. The monoisotopic (exact) mass is 367 g/mol. The van der Waals surface area contributed by atoms with Crippen molar-refractivity contribution in [3.8, 4) is 0 Å². The van der Waals surface area contributed by atoms with Crippen LogP contribution in [0.1, 0.15) is 22.9 Å². The van der Waals surface area contributed by atoms with Crippen molar-refractivity contribution in [2.45, 2.75) is 20.0 Å². The molecule has 0 amide bonds. The number of nitrogens with zero attached hydrogens (tertiary/aromatic N) is 2. The molecule has 1 aliphatic heterocycles. The minimum atomic E-state index is -0.541. The Kier molecular flexibility index (Phi) is 4.89. The van der Waals surface area contributed by atoms with Crippen LogP contribution in [0.5, 0.6) is 0 Å². The number of para-hydroxylation sites is 2. The Hall–Kier alpha value is -2.37. The van der Waals surface area contributed by atoms with Crippen LogP contribution in [0.4, 0.5) is 10.1 Å². The summed E-state index contributed by atoms with van der Waals surface area (Å²) in [7, 11) is 0. The fourth-order valence-corrected chi connectivity index (χ4v) is 4.16. The van der Waals surface area contributed by atoms with Crippen molar-refractivity contribution < 1.29 is 9.50 Å². The number of halogens is 1. The molecule has 1 atom stereocenters. The van der Waals surface area contributed by atoms with Crippen molar-refractivity contribution in [1.29, 1.82) is 0 Å². The van der Waals surface area contributed by atoms with Gasteiger partial charge in [0.25, 0.3) is 0 Å². The third kappa shape index (κ3) is 3.45. The van der Waals surface area contributed by atoms with Gasteiger partial charge in [-0.2, -0.15) is 0 Å². The number of rotatable bonds is 4. The number of aliphatic hydroxyl groups excluding tert-OH is 1. The quantitative estimate of drug-likeness (QED) is 0.737. The molecular weight excluding hydrogens is 341 g/mol. The number of piperazine rings is 1. The van der Waals surface area contributed by atoms with Crippen molar-refractivity contribution in [1.82, 2.24) is 9.88 Å². The maximum atomic E-state index is 14.0. The lowest BCUT2D eigenvalue weighted by Gasteiger charge is -2.37. The van der Waals surface area contributed by atoms with Gasteiger partial charge in [0.15, 0.2) is 0 Å². The maximum absolute atomic E-state index is 14.0. The first-order chi connectivity index (χ1) is 13.0. The number of aromatic nitrogens is 1. The summed E-state index contributed by atoms with van der Waals surface area (Å²) in [6.07, 6.45) is -0.541. The molecular formula is C22H26FN3O. The smallest absolute Gasteiger partial charge is 0.146 e. The van der Waals surface area contributed by atoms with E-state index in [9.17, 15) is 9.50 Å². The highest BCUT2D eigenvalue weighted by molar-refractivity contribution is 5.87.